The summed E-state index contributed by atoms with van der Waals surface area (Å²) < 4.78 is 13.4. The molecule has 1 aliphatic heterocycles. The molecule has 0 saturated heterocycles. The van der Waals surface area contributed by atoms with Crippen molar-refractivity contribution in [1.82, 2.24) is 5.32 Å². The Balaban J connectivity index is 2.07. The number of nitrogens with one attached hydrogen (secondary N) is 1. The first kappa shape index (κ1) is 15.8. The number of rotatable bonds is 6. The van der Waals surface area contributed by atoms with Gasteiger partial charge in [-0.25, -0.2) is 4.39 Å². The highest BCUT2D eigenvalue weighted by Gasteiger charge is 2.34. The number of halogens is 1. The van der Waals surface area contributed by atoms with Crippen LogP contribution in [0.5, 0.6) is 0 Å². The molecule has 1 aromatic carbocycles. The van der Waals surface area contributed by atoms with Crippen molar-refractivity contribution in [3.63, 3.8) is 0 Å². The maximum absolute atomic E-state index is 13.4. The lowest BCUT2D eigenvalue weighted by molar-refractivity contribution is -0.144. The van der Waals surface area contributed by atoms with Gasteiger partial charge in [-0.3, -0.25) is 10.1 Å². The Morgan fingerprint density at radius 1 is 1.52 bits per heavy atom. The van der Waals surface area contributed by atoms with Crippen molar-refractivity contribution in [1.29, 1.82) is 0 Å². The maximum Gasteiger partial charge on any atom is 0.323 e. The molecule has 0 spiro atoms. The summed E-state index contributed by atoms with van der Waals surface area (Å²) >= 11 is 0. The average Bonchev–Trinajstić information content (AvgIpc) is 2.77. The molecule has 2 N–H and O–H groups in total. The second-order valence-electron chi connectivity index (χ2n) is 6.20. The number of benzene rings is 1. The van der Waals surface area contributed by atoms with Gasteiger partial charge in [0.1, 0.15) is 11.4 Å². The van der Waals surface area contributed by atoms with E-state index in [4.69, 9.17) is 0 Å². The molecule has 116 valence electrons. The molecule has 1 atom stereocenters. The molecule has 21 heavy (non-hydrogen) atoms. The Morgan fingerprint density at radius 3 is 2.86 bits per heavy atom. The van der Waals surface area contributed by atoms with Gasteiger partial charge >= 0.3 is 5.97 Å². The monoisotopic (exact) mass is 294 g/mol. The van der Waals surface area contributed by atoms with Crippen LogP contribution in [0.3, 0.4) is 0 Å². The van der Waals surface area contributed by atoms with Gasteiger partial charge in [0.05, 0.1) is 0 Å². The van der Waals surface area contributed by atoms with Crippen molar-refractivity contribution in [2.75, 3.05) is 18.0 Å². The SMILES string of the molecule is CC(C)NC(C)(CCN1CCc2ccc(F)cc21)C(=O)O. The Bertz CT molecular complexity index is 533. The smallest absolute Gasteiger partial charge is 0.323 e. The second kappa shape index (κ2) is 6.02. The lowest BCUT2D eigenvalue weighted by Gasteiger charge is -2.31. The predicted octanol–water partition coefficient (Wildman–Crippen LogP) is 2.42. The van der Waals surface area contributed by atoms with Crippen LogP contribution in [0.15, 0.2) is 18.2 Å². The minimum Gasteiger partial charge on any atom is -0.480 e. The third-order valence-corrected chi connectivity index (χ3v) is 4.00. The summed E-state index contributed by atoms with van der Waals surface area (Å²) in [7, 11) is 0. The standard InChI is InChI=1S/C16H23FN2O2/c1-11(2)18-16(3,15(20)21)7-9-19-8-6-12-4-5-13(17)10-14(12)19/h4-5,10-11,18H,6-9H2,1-3H3,(H,20,21). The van der Waals surface area contributed by atoms with Crippen molar-refractivity contribution in [2.45, 2.75) is 45.2 Å². The zero-order valence-corrected chi connectivity index (χ0v) is 12.8. The van der Waals surface area contributed by atoms with E-state index >= 15 is 0 Å². The molecule has 1 aliphatic rings. The molecule has 1 heterocycles. The molecule has 0 fully saturated rings. The van der Waals surface area contributed by atoms with Crippen LogP contribution in [0.25, 0.3) is 0 Å². The number of nitrogens with zero attached hydrogens (tertiary/aromatic N) is 1. The highest BCUT2D eigenvalue weighted by molar-refractivity contribution is 5.78. The Kier molecular flexibility index (Phi) is 4.52. The van der Waals surface area contributed by atoms with Crippen LogP contribution in [-0.2, 0) is 11.2 Å². The molecule has 0 radical (unpaired) electrons. The second-order valence-corrected chi connectivity index (χ2v) is 6.20. The quantitative estimate of drug-likeness (QED) is 0.846. The topological polar surface area (TPSA) is 52.6 Å². The molecule has 1 unspecified atom stereocenters. The van der Waals surface area contributed by atoms with Gasteiger partial charge in [0, 0.05) is 24.8 Å². The minimum absolute atomic E-state index is 0.0920. The maximum atomic E-state index is 13.4. The van der Waals surface area contributed by atoms with Gasteiger partial charge in [-0.1, -0.05) is 6.07 Å². The molecule has 5 heteroatoms. The van der Waals surface area contributed by atoms with E-state index in [1.807, 2.05) is 19.9 Å². The number of aliphatic carboxylic acids is 1. The molecule has 4 nitrogen and oxygen atoms in total. The summed E-state index contributed by atoms with van der Waals surface area (Å²) in [6, 6.07) is 4.92. The number of hydrogen-bond acceptors (Lipinski definition) is 3. The number of carbonyl (C=O) groups is 1. The Hall–Kier alpha value is -1.62. The number of carboxylic acids is 1. The Labute approximate surface area is 125 Å². The number of hydrogen-bond donors (Lipinski definition) is 2. The fraction of sp³-hybridized carbons (Fsp3) is 0.562. The first-order valence-corrected chi connectivity index (χ1v) is 7.36. The summed E-state index contributed by atoms with van der Waals surface area (Å²) in [6.45, 7) is 6.98. The molecule has 2 rings (SSSR count). The zero-order valence-electron chi connectivity index (χ0n) is 12.8. The van der Waals surface area contributed by atoms with Gasteiger partial charge in [0.15, 0.2) is 0 Å². The van der Waals surface area contributed by atoms with E-state index in [1.165, 1.54) is 12.1 Å². The lowest BCUT2D eigenvalue weighted by Crippen LogP contribution is -2.53. The third kappa shape index (κ3) is 3.53. The highest BCUT2D eigenvalue weighted by atomic mass is 19.1. The third-order valence-electron chi connectivity index (χ3n) is 4.00. The zero-order chi connectivity index (χ0) is 15.6. The van der Waals surface area contributed by atoms with Gasteiger partial charge in [-0.15, -0.1) is 0 Å². The van der Waals surface area contributed by atoms with Crippen molar-refractivity contribution in [3.05, 3.63) is 29.6 Å². The predicted molar refractivity (Wildman–Crippen MR) is 81.2 cm³/mol. The van der Waals surface area contributed by atoms with Crippen LogP contribution in [0, 0.1) is 5.82 Å². The lowest BCUT2D eigenvalue weighted by atomic mass is 9.96. The summed E-state index contributed by atoms with van der Waals surface area (Å²) in [5.74, 6) is -1.10. The van der Waals surface area contributed by atoms with Crippen LogP contribution in [-0.4, -0.2) is 35.7 Å². The number of anilines is 1. The summed E-state index contributed by atoms with van der Waals surface area (Å²) in [6.07, 6.45) is 1.35. The molecule has 1 aromatic rings. The normalized spacial score (nSPS) is 16.9. The summed E-state index contributed by atoms with van der Waals surface area (Å²) in [4.78, 5) is 13.6. The van der Waals surface area contributed by atoms with Gasteiger partial charge in [0.25, 0.3) is 0 Å². The summed E-state index contributed by atoms with van der Waals surface area (Å²) in [5, 5.41) is 12.6. The van der Waals surface area contributed by atoms with Crippen molar-refractivity contribution >= 4 is 11.7 Å². The summed E-state index contributed by atoms with van der Waals surface area (Å²) in [5.41, 5.74) is 1.06. The minimum atomic E-state index is -0.968. The highest BCUT2D eigenvalue weighted by Crippen LogP contribution is 2.29. The van der Waals surface area contributed by atoms with E-state index in [-0.39, 0.29) is 11.9 Å². The van der Waals surface area contributed by atoms with E-state index < -0.39 is 11.5 Å². The number of carboxylic acid groups (broad SMARTS) is 1. The van der Waals surface area contributed by atoms with Crippen molar-refractivity contribution in [3.8, 4) is 0 Å². The van der Waals surface area contributed by atoms with E-state index in [0.29, 0.717) is 13.0 Å². The van der Waals surface area contributed by atoms with Gasteiger partial charge in [-0.2, -0.15) is 0 Å². The van der Waals surface area contributed by atoms with Crippen LogP contribution in [0.4, 0.5) is 10.1 Å². The molecule has 0 saturated carbocycles. The van der Waals surface area contributed by atoms with Gasteiger partial charge in [-0.05, 0) is 51.3 Å². The van der Waals surface area contributed by atoms with E-state index in [2.05, 4.69) is 10.2 Å². The first-order chi connectivity index (χ1) is 9.82. The number of fused-ring (bicyclic) bond motifs is 1. The van der Waals surface area contributed by atoms with Gasteiger partial charge < -0.3 is 10.0 Å². The van der Waals surface area contributed by atoms with E-state index in [9.17, 15) is 14.3 Å². The fourth-order valence-electron chi connectivity index (χ4n) is 2.89. The molecule has 0 aromatic heterocycles. The average molecular weight is 294 g/mol. The first-order valence-electron chi connectivity index (χ1n) is 7.36. The van der Waals surface area contributed by atoms with E-state index in [0.717, 1.165) is 24.2 Å². The van der Waals surface area contributed by atoms with Gasteiger partial charge in [0.2, 0.25) is 0 Å². The Morgan fingerprint density at radius 2 is 2.24 bits per heavy atom. The van der Waals surface area contributed by atoms with Crippen LogP contribution >= 0.6 is 0 Å². The molecular weight excluding hydrogens is 271 g/mol. The largest absolute Gasteiger partial charge is 0.480 e. The van der Waals surface area contributed by atoms with Crippen LogP contribution < -0.4 is 10.2 Å². The van der Waals surface area contributed by atoms with E-state index in [1.54, 1.807) is 6.92 Å². The molecular formula is C16H23FN2O2. The molecule has 0 aliphatic carbocycles. The molecule has 0 amide bonds. The van der Waals surface area contributed by atoms with Crippen LogP contribution in [0.1, 0.15) is 32.8 Å². The fourth-order valence-corrected chi connectivity index (χ4v) is 2.89. The van der Waals surface area contributed by atoms with Crippen LogP contribution in [0.2, 0.25) is 0 Å². The molecule has 0 bridgehead atoms. The van der Waals surface area contributed by atoms with Crippen molar-refractivity contribution < 1.29 is 14.3 Å². The van der Waals surface area contributed by atoms with Crippen molar-refractivity contribution in [2.24, 2.45) is 0 Å².